The molecule has 84 valence electrons. The van der Waals surface area contributed by atoms with Crippen molar-refractivity contribution in [2.24, 2.45) is 0 Å². The van der Waals surface area contributed by atoms with Crippen LogP contribution in [0, 0.1) is 0 Å². The van der Waals surface area contributed by atoms with Crippen molar-refractivity contribution in [3.8, 4) is 0 Å². The predicted molar refractivity (Wildman–Crippen MR) is 57.9 cm³/mol. The van der Waals surface area contributed by atoms with E-state index < -0.39 is 11.7 Å². The summed E-state index contributed by atoms with van der Waals surface area (Å²) in [6, 6.07) is 5.53. The van der Waals surface area contributed by atoms with Crippen LogP contribution < -0.4 is 0 Å². The molecule has 0 heterocycles. The van der Waals surface area contributed by atoms with E-state index in [1.807, 2.05) is 0 Å². The molecule has 4 heteroatoms. The Morgan fingerprint density at radius 1 is 1.27 bits per heavy atom. The van der Waals surface area contributed by atoms with Gasteiger partial charge in [-0.1, -0.05) is 25.1 Å². The first-order valence-corrected chi connectivity index (χ1v) is 5.93. The average molecular weight is 234 g/mol. The topological polar surface area (TPSA) is 0 Å². The molecule has 0 unspecified atom stereocenters. The second kappa shape index (κ2) is 5.45. The van der Waals surface area contributed by atoms with Crippen molar-refractivity contribution in [2.75, 3.05) is 5.75 Å². The van der Waals surface area contributed by atoms with Crippen molar-refractivity contribution in [1.82, 2.24) is 0 Å². The molecule has 0 saturated carbocycles. The molecule has 15 heavy (non-hydrogen) atoms. The zero-order valence-corrected chi connectivity index (χ0v) is 9.29. The Balaban J connectivity index is 2.66. The Morgan fingerprint density at radius 2 is 2.00 bits per heavy atom. The summed E-state index contributed by atoms with van der Waals surface area (Å²) in [6.07, 6.45) is -3.19. The molecular weight excluding hydrogens is 221 g/mol. The van der Waals surface area contributed by atoms with Gasteiger partial charge in [-0.25, -0.2) is 0 Å². The molecule has 1 rings (SSSR count). The van der Waals surface area contributed by atoms with Gasteiger partial charge in [-0.3, -0.25) is 0 Å². The van der Waals surface area contributed by atoms with Gasteiger partial charge >= 0.3 is 6.18 Å². The van der Waals surface area contributed by atoms with Gasteiger partial charge in [-0.05, 0) is 23.8 Å². The number of hydrogen-bond acceptors (Lipinski definition) is 1. The third-order valence-electron chi connectivity index (χ3n) is 1.87. The molecule has 0 N–H and O–H groups in total. The zero-order chi connectivity index (χ0) is 11.3. The molecular formula is C11H13F3S. The summed E-state index contributed by atoms with van der Waals surface area (Å²) >= 11 is 1.66. The van der Waals surface area contributed by atoms with Crippen molar-refractivity contribution in [1.29, 1.82) is 0 Å². The number of halogens is 3. The Kier molecular flexibility index (Phi) is 4.51. The molecule has 0 nitrogen and oxygen atoms in total. The fraction of sp³-hybridized carbons (Fsp3) is 0.455. The fourth-order valence-corrected chi connectivity index (χ4v) is 2.02. The highest BCUT2D eigenvalue weighted by Gasteiger charge is 2.30. The van der Waals surface area contributed by atoms with E-state index in [0.29, 0.717) is 5.75 Å². The van der Waals surface area contributed by atoms with Crippen LogP contribution in [-0.2, 0) is 11.9 Å². The summed E-state index contributed by atoms with van der Waals surface area (Å²) in [6.45, 7) is 2.05. The Morgan fingerprint density at radius 3 is 2.60 bits per heavy atom. The Bertz CT molecular complexity index is 307. The van der Waals surface area contributed by atoms with Gasteiger partial charge in [-0.15, -0.1) is 0 Å². The van der Waals surface area contributed by atoms with Gasteiger partial charge in [0.25, 0.3) is 0 Å². The molecule has 1 aromatic rings. The summed E-state index contributed by atoms with van der Waals surface area (Å²) in [7, 11) is 0. The highest BCUT2D eigenvalue weighted by molar-refractivity contribution is 7.98. The standard InChI is InChI=1S/C11H13F3S/c1-2-6-15-8-9-4-3-5-10(7-9)11(12,13)14/h3-5,7H,2,6,8H2,1H3. The molecule has 0 fully saturated rings. The molecule has 0 bridgehead atoms. The summed E-state index contributed by atoms with van der Waals surface area (Å²) in [5.74, 6) is 1.63. The average Bonchev–Trinajstić information content (AvgIpc) is 2.17. The first-order valence-electron chi connectivity index (χ1n) is 4.78. The maximum atomic E-state index is 12.3. The van der Waals surface area contributed by atoms with Crippen LogP contribution in [0.4, 0.5) is 13.2 Å². The number of benzene rings is 1. The summed E-state index contributed by atoms with van der Waals surface area (Å²) in [4.78, 5) is 0. The van der Waals surface area contributed by atoms with Crippen LogP contribution in [0.1, 0.15) is 24.5 Å². The summed E-state index contributed by atoms with van der Waals surface area (Å²) in [5.41, 5.74) is 0.181. The molecule has 0 amide bonds. The van der Waals surface area contributed by atoms with E-state index >= 15 is 0 Å². The molecule has 0 aliphatic heterocycles. The van der Waals surface area contributed by atoms with E-state index in [1.54, 1.807) is 17.8 Å². The summed E-state index contributed by atoms with van der Waals surface area (Å²) in [5, 5.41) is 0. The van der Waals surface area contributed by atoms with Crippen LogP contribution in [0.5, 0.6) is 0 Å². The predicted octanol–water partition coefficient (Wildman–Crippen LogP) is 4.35. The molecule has 0 atom stereocenters. The first kappa shape index (κ1) is 12.4. The second-order valence-corrected chi connectivity index (χ2v) is 4.36. The van der Waals surface area contributed by atoms with Crippen LogP contribution in [0.15, 0.2) is 24.3 Å². The van der Waals surface area contributed by atoms with Crippen LogP contribution in [-0.4, -0.2) is 5.75 Å². The number of thioether (sulfide) groups is 1. The van der Waals surface area contributed by atoms with E-state index in [2.05, 4.69) is 6.92 Å². The largest absolute Gasteiger partial charge is 0.416 e. The molecule has 0 spiro atoms. The van der Waals surface area contributed by atoms with Crippen molar-refractivity contribution in [3.63, 3.8) is 0 Å². The van der Waals surface area contributed by atoms with E-state index in [9.17, 15) is 13.2 Å². The van der Waals surface area contributed by atoms with Gasteiger partial charge in [0, 0.05) is 5.75 Å². The smallest absolute Gasteiger partial charge is 0.166 e. The zero-order valence-electron chi connectivity index (χ0n) is 8.47. The minimum absolute atomic E-state index is 0.558. The molecule has 0 aliphatic carbocycles. The third-order valence-corrected chi connectivity index (χ3v) is 3.11. The molecule has 0 aliphatic rings. The fourth-order valence-electron chi connectivity index (χ4n) is 1.17. The molecule has 0 aromatic heterocycles. The maximum absolute atomic E-state index is 12.3. The van der Waals surface area contributed by atoms with Gasteiger partial charge in [0.05, 0.1) is 5.56 Å². The van der Waals surface area contributed by atoms with Crippen molar-refractivity contribution in [2.45, 2.75) is 25.3 Å². The van der Waals surface area contributed by atoms with E-state index in [0.717, 1.165) is 23.8 Å². The van der Waals surface area contributed by atoms with Crippen molar-refractivity contribution >= 4 is 11.8 Å². The normalized spacial score (nSPS) is 11.7. The molecule has 0 saturated heterocycles. The third kappa shape index (κ3) is 4.16. The lowest BCUT2D eigenvalue weighted by Gasteiger charge is -2.08. The first-order chi connectivity index (χ1) is 7.04. The van der Waals surface area contributed by atoms with Gasteiger partial charge in [-0.2, -0.15) is 24.9 Å². The van der Waals surface area contributed by atoms with Crippen LogP contribution in [0.3, 0.4) is 0 Å². The monoisotopic (exact) mass is 234 g/mol. The Labute approximate surface area is 91.9 Å². The van der Waals surface area contributed by atoms with Gasteiger partial charge < -0.3 is 0 Å². The summed E-state index contributed by atoms with van der Waals surface area (Å²) < 4.78 is 37.0. The van der Waals surface area contributed by atoms with Gasteiger partial charge in [0.2, 0.25) is 0 Å². The number of alkyl halides is 3. The molecule has 1 aromatic carbocycles. The van der Waals surface area contributed by atoms with Crippen molar-refractivity contribution in [3.05, 3.63) is 35.4 Å². The van der Waals surface area contributed by atoms with Gasteiger partial charge in [0.15, 0.2) is 0 Å². The SMILES string of the molecule is CCCSCc1cccc(C(F)(F)F)c1. The number of rotatable bonds is 4. The quantitative estimate of drug-likeness (QED) is 0.698. The maximum Gasteiger partial charge on any atom is 0.416 e. The van der Waals surface area contributed by atoms with Gasteiger partial charge in [0.1, 0.15) is 0 Å². The minimum atomic E-state index is -4.23. The highest BCUT2D eigenvalue weighted by atomic mass is 32.2. The minimum Gasteiger partial charge on any atom is -0.166 e. The lowest BCUT2D eigenvalue weighted by atomic mass is 10.1. The Hall–Kier alpha value is -0.640. The van der Waals surface area contributed by atoms with E-state index in [-0.39, 0.29) is 0 Å². The molecule has 0 radical (unpaired) electrons. The van der Waals surface area contributed by atoms with Crippen LogP contribution >= 0.6 is 11.8 Å². The van der Waals surface area contributed by atoms with Crippen LogP contribution in [0.2, 0.25) is 0 Å². The van der Waals surface area contributed by atoms with E-state index in [1.165, 1.54) is 12.1 Å². The lowest BCUT2D eigenvalue weighted by Crippen LogP contribution is -2.04. The van der Waals surface area contributed by atoms with Crippen LogP contribution in [0.25, 0.3) is 0 Å². The highest BCUT2D eigenvalue weighted by Crippen LogP contribution is 2.30. The second-order valence-electron chi connectivity index (χ2n) is 3.25. The van der Waals surface area contributed by atoms with Crippen molar-refractivity contribution < 1.29 is 13.2 Å². The van der Waals surface area contributed by atoms with E-state index in [4.69, 9.17) is 0 Å². The lowest BCUT2D eigenvalue weighted by molar-refractivity contribution is -0.137. The number of hydrogen-bond donors (Lipinski definition) is 0.